The van der Waals surface area contributed by atoms with Crippen molar-refractivity contribution in [1.82, 2.24) is 14.5 Å². The molecule has 2 aliphatic heterocycles. The van der Waals surface area contributed by atoms with Crippen molar-refractivity contribution in [3.05, 3.63) is 51.7 Å². The molecular formula is C22H27N3O4S2. The molecule has 2 amide bonds. The summed E-state index contributed by atoms with van der Waals surface area (Å²) in [5.74, 6) is -0.337. The summed E-state index contributed by atoms with van der Waals surface area (Å²) in [6.07, 6.45) is 2.99. The second-order valence-corrected chi connectivity index (χ2v) is 10.9. The Labute approximate surface area is 187 Å². The predicted molar refractivity (Wildman–Crippen MR) is 120 cm³/mol. The van der Waals surface area contributed by atoms with E-state index in [1.807, 2.05) is 31.2 Å². The molecule has 0 saturated carbocycles. The average Bonchev–Trinajstić information content (AvgIpc) is 3.47. The molecule has 0 aliphatic carbocycles. The maximum Gasteiger partial charge on any atom is 0.265 e. The lowest BCUT2D eigenvalue weighted by Crippen LogP contribution is -2.46. The van der Waals surface area contributed by atoms with Gasteiger partial charge in [0.15, 0.2) is 0 Å². The van der Waals surface area contributed by atoms with Crippen molar-refractivity contribution in [1.29, 1.82) is 0 Å². The number of aryl methyl sites for hydroxylation is 1. The number of rotatable bonds is 5. The first-order valence-electron chi connectivity index (χ1n) is 10.6. The van der Waals surface area contributed by atoms with Gasteiger partial charge in [0.05, 0.1) is 0 Å². The van der Waals surface area contributed by atoms with E-state index in [1.54, 1.807) is 16.3 Å². The highest BCUT2D eigenvalue weighted by molar-refractivity contribution is 7.89. The first-order valence-corrected chi connectivity index (χ1v) is 12.9. The highest BCUT2D eigenvalue weighted by atomic mass is 32.2. The van der Waals surface area contributed by atoms with Crippen molar-refractivity contribution < 1.29 is 18.0 Å². The van der Waals surface area contributed by atoms with Gasteiger partial charge in [0.25, 0.3) is 11.8 Å². The summed E-state index contributed by atoms with van der Waals surface area (Å²) in [7, 11) is -3.63. The third-order valence-corrected chi connectivity index (χ3v) is 8.99. The van der Waals surface area contributed by atoms with Crippen LogP contribution in [0.1, 0.15) is 51.3 Å². The van der Waals surface area contributed by atoms with E-state index in [1.165, 1.54) is 15.6 Å². The van der Waals surface area contributed by atoms with Crippen LogP contribution in [0.3, 0.4) is 0 Å². The number of piperidine rings is 1. The zero-order valence-corrected chi connectivity index (χ0v) is 19.2. The Kier molecular flexibility index (Phi) is 6.45. The Hall–Kier alpha value is -2.23. The molecular weight excluding hydrogens is 434 g/mol. The van der Waals surface area contributed by atoms with E-state index in [0.29, 0.717) is 44.6 Å². The predicted octanol–water partition coefficient (Wildman–Crippen LogP) is 2.88. The number of likely N-dealkylation sites (tertiary alicyclic amines) is 1. The Balaban J connectivity index is 1.39. The minimum absolute atomic E-state index is 0.00713. The van der Waals surface area contributed by atoms with Gasteiger partial charge < -0.3 is 10.2 Å². The van der Waals surface area contributed by atoms with E-state index < -0.39 is 10.0 Å². The molecule has 31 heavy (non-hydrogen) atoms. The smallest absolute Gasteiger partial charge is 0.265 e. The van der Waals surface area contributed by atoms with E-state index in [0.717, 1.165) is 18.4 Å². The molecule has 0 bridgehead atoms. The Morgan fingerprint density at radius 2 is 1.71 bits per heavy atom. The molecule has 0 spiro atoms. The van der Waals surface area contributed by atoms with Gasteiger partial charge in [-0.3, -0.25) is 9.59 Å². The van der Waals surface area contributed by atoms with E-state index in [9.17, 15) is 18.0 Å². The maximum atomic E-state index is 13.1. The van der Waals surface area contributed by atoms with Gasteiger partial charge in [-0.1, -0.05) is 18.2 Å². The normalized spacial score (nSPS) is 18.3. The van der Waals surface area contributed by atoms with Crippen LogP contribution in [0.15, 0.2) is 40.6 Å². The standard InChI is InChI=1S/C22H27N3O4S2/c1-16-6-2-3-7-18(16)21(26)23-17-8-13-24(14-9-17)22(27)20-19(10-15-30-20)31(28,29)25-11-4-5-12-25/h2-3,6-7,10,15,17H,4-5,8-9,11-14H2,1H3,(H,23,26). The topological polar surface area (TPSA) is 86.8 Å². The van der Waals surface area contributed by atoms with E-state index in [-0.39, 0.29) is 27.6 Å². The fraction of sp³-hybridized carbons (Fsp3) is 0.455. The van der Waals surface area contributed by atoms with Crippen molar-refractivity contribution in [3.63, 3.8) is 0 Å². The van der Waals surface area contributed by atoms with Gasteiger partial charge in [0.2, 0.25) is 10.0 Å². The molecule has 1 aromatic carbocycles. The molecule has 0 unspecified atom stereocenters. The SMILES string of the molecule is Cc1ccccc1C(=O)NC1CCN(C(=O)c2sccc2S(=O)(=O)N2CCCC2)CC1. The number of nitrogens with zero attached hydrogens (tertiary/aromatic N) is 2. The van der Waals surface area contributed by atoms with Crippen LogP contribution in [0, 0.1) is 6.92 Å². The number of benzene rings is 1. The van der Waals surface area contributed by atoms with Gasteiger partial charge in [0.1, 0.15) is 9.77 Å². The summed E-state index contributed by atoms with van der Waals surface area (Å²) < 4.78 is 27.4. The fourth-order valence-electron chi connectivity index (χ4n) is 4.19. The van der Waals surface area contributed by atoms with Crippen LogP contribution in [0.2, 0.25) is 0 Å². The molecule has 7 nitrogen and oxygen atoms in total. The third-order valence-electron chi connectivity index (χ3n) is 6.01. The van der Waals surface area contributed by atoms with Crippen molar-refractivity contribution in [2.24, 2.45) is 0 Å². The van der Waals surface area contributed by atoms with Crippen molar-refractivity contribution in [2.75, 3.05) is 26.2 Å². The van der Waals surface area contributed by atoms with Crippen LogP contribution in [0.4, 0.5) is 0 Å². The molecule has 166 valence electrons. The van der Waals surface area contributed by atoms with Crippen molar-refractivity contribution in [2.45, 2.75) is 43.5 Å². The lowest BCUT2D eigenvalue weighted by atomic mass is 10.0. The summed E-state index contributed by atoms with van der Waals surface area (Å²) in [6, 6.07) is 9.00. The molecule has 9 heteroatoms. The summed E-state index contributed by atoms with van der Waals surface area (Å²) in [6.45, 7) is 3.90. The Bertz CT molecular complexity index is 1070. The molecule has 0 radical (unpaired) electrons. The molecule has 2 aliphatic rings. The molecule has 0 atom stereocenters. The van der Waals surface area contributed by atoms with Crippen LogP contribution < -0.4 is 5.32 Å². The van der Waals surface area contributed by atoms with Gasteiger partial charge in [-0.15, -0.1) is 11.3 Å². The summed E-state index contributed by atoms with van der Waals surface area (Å²) in [4.78, 5) is 27.8. The van der Waals surface area contributed by atoms with Crippen LogP contribution in [-0.2, 0) is 10.0 Å². The van der Waals surface area contributed by atoms with Gasteiger partial charge in [0, 0.05) is 37.8 Å². The second-order valence-electron chi connectivity index (χ2n) is 8.08. The van der Waals surface area contributed by atoms with Gasteiger partial charge in [-0.25, -0.2) is 8.42 Å². The molecule has 2 saturated heterocycles. The zero-order chi connectivity index (χ0) is 22.0. The number of hydrogen-bond donors (Lipinski definition) is 1. The minimum Gasteiger partial charge on any atom is -0.349 e. The van der Waals surface area contributed by atoms with Gasteiger partial charge in [-0.2, -0.15) is 4.31 Å². The highest BCUT2D eigenvalue weighted by Gasteiger charge is 2.34. The largest absolute Gasteiger partial charge is 0.349 e. The maximum absolute atomic E-state index is 13.1. The summed E-state index contributed by atoms with van der Waals surface area (Å²) >= 11 is 1.18. The van der Waals surface area contributed by atoms with Crippen molar-refractivity contribution in [3.8, 4) is 0 Å². The number of carbonyl (C=O) groups is 2. The van der Waals surface area contributed by atoms with Crippen LogP contribution >= 0.6 is 11.3 Å². The molecule has 3 heterocycles. The summed E-state index contributed by atoms with van der Waals surface area (Å²) in [5.41, 5.74) is 1.59. The summed E-state index contributed by atoms with van der Waals surface area (Å²) in [5, 5.41) is 4.74. The third kappa shape index (κ3) is 4.53. The minimum atomic E-state index is -3.63. The Morgan fingerprint density at radius 1 is 1.03 bits per heavy atom. The van der Waals surface area contributed by atoms with Gasteiger partial charge in [-0.05, 0) is 55.7 Å². The average molecular weight is 462 g/mol. The fourth-order valence-corrected chi connectivity index (χ4v) is 7.06. The van der Waals surface area contributed by atoms with Crippen molar-refractivity contribution >= 4 is 33.2 Å². The van der Waals surface area contributed by atoms with Gasteiger partial charge >= 0.3 is 0 Å². The molecule has 1 aromatic heterocycles. The Morgan fingerprint density at radius 3 is 2.39 bits per heavy atom. The van der Waals surface area contributed by atoms with E-state index in [2.05, 4.69) is 5.32 Å². The number of nitrogens with one attached hydrogen (secondary N) is 1. The van der Waals surface area contributed by atoms with Crippen LogP contribution in [0.25, 0.3) is 0 Å². The van der Waals surface area contributed by atoms with Crippen LogP contribution in [-0.4, -0.2) is 61.7 Å². The number of carbonyl (C=O) groups excluding carboxylic acids is 2. The van der Waals surface area contributed by atoms with Crippen LogP contribution in [0.5, 0.6) is 0 Å². The number of sulfonamides is 1. The van der Waals surface area contributed by atoms with E-state index in [4.69, 9.17) is 0 Å². The lowest BCUT2D eigenvalue weighted by Gasteiger charge is -2.32. The second kappa shape index (κ2) is 9.10. The highest BCUT2D eigenvalue weighted by Crippen LogP contribution is 2.29. The van der Waals surface area contributed by atoms with E-state index >= 15 is 0 Å². The molecule has 4 rings (SSSR count). The number of hydrogen-bond acceptors (Lipinski definition) is 5. The monoisotopic (exact) mass is 461 g/mol. The lowest BCUT2D eigenvalue weighted by molar-refractivity contribution is 0.0699. The molecule has 1 N–H and O–H groups in total. The first kappa shape index (κ1) is 22.0. The number of thiophene rings is 1. The first-order chi connectivity index (χ1) is 14.9. The molecule has 2 aromatic rings. The quantitative estimate of drug-likeness (QED) is 0.742. The molecule has 2 fully saturated rings. The zero-order valence-electron chi connectivity index (χ0n) is 17.5. The number of amides is 2.